The van der Waals surface area contributed by atoms with Crippen LogP contribution in [0.3, 0.4) is 0 Å². The van der Waals surface area contributed by atoms with Gasteiger partial charge < -0.3 is 14.9 Å². The maximum absolute atomic E-state index is 12.3. The third-order valence-corrected chi connectivity index (χ3v) is 3.16. The maximum Gasteiger partial charge on any atom is 0.193 e. The van der Waals surface area contributed by atoms with Crippen LogP contribution in [-0.2, 0) is 0 Å². The number of hydrogen-bond acceptors (Lipinski definition) is 4. The number of aromatic hydroxyl groups is 2. The van der Waals surface area contributed by atoms with E-state index in [9.17, 15) is 15.0 Å². The lowest BCUT2D eigenvalue weighted by Gasteiger charge is -2.12. The summed E-state index contributed by atoms with van der Waals surface area (Å²) in [6.45, 7) is 1.62. The van der Waals surface area contributed by atoms with Gasteiger partial charge in [-0.3, -0.25) is 4.79 Å². The van der Waals surface area contributed by atoms with Crippen molar-refractivity contribution in [2.24, 2.45) is 0 Å². The Bertz CT molecular complexity index is 688. The van der Waals surface area contributed by atoms with Crippen LogP contribution >= 0.6 is 0 Å². The van der Waals surface area contributed by atoms with Crippen LogP contribution in [0.25, 0.3) is 6.08 Å². The first kappa shape index (κ1) is 14.7. The van der Waals surface area contributed by atoms with E-state index >= 15 is 0 Å². The molecular weight excluding hydrogens is 268 g/mol. The number of ketones is 1. The Kier molecular flexibility index (Phi) is 4.28. The molecule has 0 unspecified atom stereocenters. The van der Waals surface area contributed by atoms with Crippen molar-refractivity contribution < 1.29 is 19.7 Å². The summed E-state index contributed by atoms with van der Waals surface area (Å²) in [5.74, 6) is -0.642. The molecule has 0 amide bonds. The number of methoxy groups -OCH3 is 1. The van der Waals surface area contributed by atoms with Crippen molar-refractivity contribution in [3.8, 4) is 17.2 Å². The van der Waals surface area contributed by atoms with Gasteiger partial charge in [-0.15, -0.1) is 0 Å². The highest BCUT2D eigenvalue weighted by Crippen LogP contribution is 2.37. The number of rotatable bonds is 4. The minimum absolute atomic E-state index is 0.0416. The van der Waals surface area contributed by atoms with E-state index in [0.29, 0.717) is 5.56 Å². The smallest absolute Gasteiger partial charge is 0.193 e. The van der Waals surface area contributed by atoms with Crippen molar-refractivity contribution in [1.29, 1.82) is 0 Å². The molecule has 0 aromatic heterocycles. The van der Waals surface area contributed by atoms with Crippen molar-refractivity contribution in [2.45, 2.75) is 6.92 Å². The van der Waals surface area contributed by atoms with Gasteiger partial charge >= 0.3 is 0 Å². The number of hydrogen-bond donors (Lipinski definition) is 2. The van der Waals surface area contributed by atoms with E-state index in [0.717, 1.165) is 11.6 Å². The molecule has 0 spiro atoms. The molecule has 0 bridgehead atoms. The van der Waals surface area contributed by atoms with Gasteiger partial charge in [-0.2, -0.15) is 0 Å². The Hall–Kier alpha value is -2.75. The Labute approximate surface area is 122 Å². The van der Waals surface area contributed by atoms with Gasteiger partial charge in [0.05, 0.1) is 7.11 Å². The zero-order chi connectivity index (χ0) is 15.4. The number of allylic oxidation sites excluding steroid dienone is 1. The zero-order valence-electron chi connectivity index (χ0n) is 11.8. The van der Waals surface area contributed by atoms with Crippen LogP contribution < -0.4 is 4.74 Å². The van der Waals surface area contributed by atoms with E-state index in [4.69, 9.17) is 4.74 Å². The first-order valence-corrected chi connectivity index (χ1v) is 6.41. The molecule has 0 aliphatic carbocycles. The van der Waals surface area contributed by atoms with Gasteiger partial charge in [0.15, 0.2) is 5.78 Å². The lowest BCUT2D eigenvalue weighted by molar-refractivity contribution is 0.104. The third-order valence-electron chi connectivity index (χ3n) is 3.16. The highest BCUT2D eigenvalue weighted by molar-refractivity contribution is 6.11. The molecule has 4 nitrogen and oxygen atoms in total. The molecule has 0 fully saturated rings. The molecule has 0 radical (unpaired) electrons. The molecule has 2 N–H and O–H groups in total. The van der Waals surface area contributed by atoms with E-state index < -0.39 is 5.78 Å². The van der Waals surface area contributed by atoms with Crippen LogP contribution in [0.4, 0.5) is 0 Å². The lowest BCUT2D eigenvalue weighted by atomic mass is 10.0. The normalized spacial score (nSPS) is 10.8. The molecule has 0 aliphatic heterocycles. The molecule has 108 valence electrons. The number of benzene rings is 2. The first-order chi connectivity index (χ1) is 10.0. The van der Waals surface area contributed by atoms with Gasteiger partial charge in [-0.25, -0.2) is 0 Å². The highest BCUT2D eigenvalue weighted by atomic mass is 16.5. The monoisotopic (exact) mass is 284 g/mol. The lowest BCUT2D eigenvalue weighted by Crippen LogP contribution is -2.01. The molecule has 2 aromatic rings. The molecule has 0 atom stereocenters. The average molecular weight is 284 g/mol. The van der Waals surface area contributed by atoms with E-state index in [1.807, 2.05) is 30.3 Å². The van der Waals surface area contributed by atoms with Crippen LogP contribution in [0.5, 0.6) is 17.2 Å². The molecule has 0 saturated heterocycles. The van der Waals surface area contributed by atoms with Crippen molar-refractivity contribution in [3.05, 3.63) is 59.2 Å². The van der Waals surface area contributed by atoms with Crippen LogP contribution in [0.15, 0.2) is 42.5 Å². The van der Waals surface area contributed by atoms with Crippen LogP contribution in [-0.4, -0.2) is 23.1 Å². The molecule has 0 heterocycles. The molecule has 0 saturated carbocycles. The largest absolute Gasteiger partial charge is 0.507 e. The summed E-state index contributed by atoms with van der Waals surface area (Å²) in [5, 5.41) is 19.6. The minimum Gasteiger partial charge on any atom is -0.507 e. The second-order valence-electron chi connectivity index (χ2n) is 4.56. The van der Waals surface area contributed by atoms with Crippen molar-refractivity contribution in [2.75, 3.05) is 7.11 Å². The number of phenols is 2. The van der Waals surface area contributed by atoms with Crippen molar-refractivity contribution >= 4 is 11.9 Å². The Morgan fingerprint density at radius 3 is 2.43 bits per heavy atom. The van der Waals surface area contributed by atoms with Gasteiger partial charge in [0.25, 0.3) is 0 Å². The Balaban J connectivity index is 2.40. The second-order valence-corrected chi connectivity index (χ2v) is 4.56. The third kappa shape index (κ3) is 3.05. The van der Waals surface area contributed by atoms with Gasteiger partial charge in [0, 0.05) is 11.6 Å². The van der Waals surface area contributed by atoms with Crippen LogP contribution in [0, 0.1) is 6.92 Å². The topological polar surface area (TPSA) is 66.8 Å². The second kappa shape index (κ2) is 6.13. The van der Waals surface area contributed by atoms with Crippen molar-refractivity contribution in [3.63, 3.8) is 0 Å². The SMILES string of the molecule is COc1c(C)c(O)cc(O)c1C(=O)/C=C/c1ccccc1. The van der Waals surface area contributed by atoms with Gasteiger partial charge in [0.2, 0.25) is 0 Å². The van der Waals surface area contributed by atoms with Gasteiger partial charge in [-0.1, -0.05) is 36.4 Å². The van der Waals surface area contributed by atoms with Gasteiger partial charge in [0.1, 0.15) is 22.8 Å². The molecule has 21 heavy (non-hydrogen) atoms. The average Bonchev–Trinajstić information content (AvgIpc) is 2.49. The fourth-order valence-corrected chi connectivity index (χ4v) is 2.04. The number of carbonyl (C=O) groups excluding carboxylic acids is 1. The van der Waals surface area contributed by atoms with Crippen molar-refractivity contribution in [1.82, 2.24) is 0 Å². The standard InChI is InChI=1S/C17H16O4/c1-11-14(19)10-15(20)16(17(11)21-2)13(18)9-8-12-6-4-3-5-7-12/h3-10,19-20H,1-2H3/b9-8+. The Morgan fingerprint density at radius 1 is 1.14 bits per heavy atom. The molecule has 2 aromatic carbocycles. The first-order valence-electron chi connectivity index (χ1n) is 6.41. The predicted molar refractivity (Wildman–Crippen MR) is 80.9 cm³/mol. The van der Waals surface area contributed by atoms with Gasteiger partial charge in [-0.05, 0) is 18.6 Å². The number of carbonyl (C=O) groups is 1. The minimum atomic E-state index is -0.392. The van der Waals surface area contributed by atoms with E-state index in [2.05, 4.69) is 0 Å². The summed E-state index contributed by atoms with van der Waals surface area (Å²) in [6, 6.07) is 10.5. The summed E-state index contributed by atoms with van der Waals surface area (Å²) < 4.78 is 5.14. The van der Waals surface area contributed by atoms with E-state index in [1.165, 1.54) is 13.2 Å². The maximum atomic E-state index is 12.3. The summed E-state index contributed by atoms with van der Waals surface area (Å²) >= 11 is 0. The fourth-order valence-electron chi connectivity index (χ4n) is 2.04. The summed E-state index contributed by atoms with van der Waals surface area (Å²) in [6.07, 6.45) is 3.02. The number of phenolic OH excluding ortho intramolecular Hbond substituents is 2. The number of ether oxygens (including phenoxy) is 1. The summed E-state index contributed by atoms with van der Waals surface area (Å²) in [7, 11) is 1.39. The summed E-state index contributed by atoms with van der Waals surface area (Å²) in [4.78, 5) is 12.3. The molecular formula is C17H16O4. The quantitative estimate of drug-likeness (QED) is 0.667. The van der Waals surface area contributed by atoms with E-state index in [1.54, 1.807) is 13.0 Å². The zero-order valence-corrected chi connectivity index (χ0v) is 11.8. The summed E-state index contributed by atoms with van der Waals surface area (Å²) in [5.41, 5.74) is 1.33. The van der Waals surface area contributed by atoms with E-state index in [-0.39, 0.29) is 22.8 Å². The fraction of sp³-hybridized carbons (Fsp3) is 0.118. The van der Waals surface area contributed by atoms with Crippen LogP contribution in [0.2, 0.25) is 0 Å². The highest BCUT2D eigenvalue weighted by Gasteiger charge is 2.20. The predicted octanol–water partition coefficient (Wildman–Crippen LogP) is 3.31. The molecule has 0 aliphatic rings. The van der Waals surface area contributed by atoms with Crippen LogP contribution in [0.1, 0.15) is 21.5 Å². The Morgan fingerprint density at radius 2 is 1.81 bits per heavy atom. The molecule has 4 heteroatoms. The molecule has 2 rings (SSSR count).